The summed E-state index contributed by atoms with van der Waals surface area (Å²) < 4.78 is 0. The van der Waals surface area contributed by atoms with Crippen molar-refractivity contribution in [1.29, 1.82) is 0 Å². The molecule has 0 radical (unpaired) electrons. The highest BCUT2D eigenvalue weighted by molar-refractivity contribution is 8.76. The molecule has 24 heteroatoms. The monoisotopic (exact) mass is 955 g/mol. The summed E-state index contributed by atoms with van der Waals surface area (Å²) in [6.07, 6.45) is -1.05. The van der Waals surface area contributed by atoms with Crippen LogP contribution in [0.1, 0.15) is 44.2 Å². The van der Waals surface area contributed by atoms with Crippen LogP contribution in [0.2, 0.25) is 0 Å². The number of aliphatic hydroxyl groups excluding tert-OH is 1. The third-order valence-corrected chi connectivity index (χ3v) is 12.8. The molecule has 10 amide bonds. The van der Waals surface area contributed by atoms with Crippen LogP contribution in [0.25, 0.3) is 0 Å². The molecule has 22 nitrogen and oxygen atoms in total. The van der Waals surface area contributed by atoms with Gasteiger partial charge in [0.25, 0.3) is 0 Å². The molecule has 0 unspecified atom stereocenters. The first-order chi connectivity index (χ1) is 31.4. The Hall–Kier alpha value is -6.24. The maximum absolute atomic E-state index is 14.1. The summed E-state index contributed by atoms with van der Waals surface area (Å²) in [5, 5.41) is 33.4. The lowest BCUT2D eigenvalue weighted by molar-refractivity contribution is -0.136. The fraction of sp³-hybridized carbons (Fsp3) is 0.476. The fourth-order valence-electron chi connectivity index (χ4n) is 6.72. The number of benzene rings is 2. The van der Waals surface area contributed by atoms with E-state index in [1.165, 1.54) is 13.8 Å². The Morgan fingerprint density at radius 3 is 1.98 bits per heavy atom. The van der Waals surface area contributed by atoms with Crippen LogP contribution < -0.4 is 59.3 Å². The molecule has 2 saturated heterocycles. The van der Waals surface area contributed by atoms with Crippen molar-refractivity contribution < 1.29 is 53.1 Å². The Kier molecular flexibility index (Phi) is 20.7. The van der Waals surface area contributed by atoms with Crippen LogP contribution in [0.3, 0.4) is 0 Å². The van der Waals surface area contributed by atoms with Gasteiger partial charge in [0.15, 0.2) is 0 Å². The van der Waals surface area contributed by atoms with Crippen molar-refractivity contribution in [3.05, 3.63) is 71.8 Å². The molecule has 0 aliphatic carbocycles. The van der Waals surface area contributed by atoms with Gasteiger partial charge in [-0.15, -0.1) is 0 Å². The number of primary amides is 2. The Morgan fingerprint density at radius 2 is 1.38 bits per heavy atom. The molecular weight excluding hydrogens is 899 g/mol. The number of hydrogen-bond donors (Lipinski definition) is 12. The van der Waals surface area contributed by atoms with Gasteiger partial charge >= 0.3 is 0 Å². The van der Waals surface area contributed by atoms with Crippen molar-refractivity contribution in [2.75, 3.05) is 24.6 Å². The number of carbonyl (C=O) groups is 10. The van der Waals surface area contributed by atoms with Gasteiger partial charge in [0.2, 0.25) is 59.1 Å². The van der Waals surface area contributed by atoms with Crippen molar-refractivity contribution in [2.45, 2.75) is 100 Å². The normalized spacial score (nSPS) is 25.2. The fourth-order valence-corrected chi connectivity index (χ4v) is 9.06. The van der Waals surface area contributed by atoms with Crippen molar-refractivity contribution in [3.8, 4) is 0 Å². The van der Waals surface area contributed by atoms with Crippen molar-refractivity contribution in [2.24, 2.45) is 11.5 Å². The molecule has 2 aromatic rings. The van der Waals surface area contributed by atoms with Crippen molar-refractivity contribution in [1.82, 2.24) is 47.9 Å². The van der Waals surface area contributed by atoms with Gasteiger partial charge in [0, 0.05) is 24.3 Å². The van der Waals surface area contributed by atoms with E-state index in [1.807, 2.05) is 0 Å². The van der Waals surface area contributed by atoms with E-state index >= 15 is 0 Å². The van der Waals surface area contributed by atoms with E-state index in [0.717, 1.165) is 28.0 Å². The van der Waals surface area contributed by atoms with Crippen molar-refractivity contribution >= 4 is 80.7 Å². The third-order valence-electron chi connectivity index (χ3n) is 10.3. The van der Waals surface area contributed by atoms with Gasteiger partial charge in [-0.25, -0.2) is 0 Å². The maximum atomic E-state index is 14.1. The first-order valence-electron chi connectivity index (χ1n) is 21.1. The van der Waals surface area contributed by atoms with E-state index in [4.69, 9.17) is 11.5 Å². The summed E-state index contributed by atoms with van der Waals surface area (Å²) in [6.45, 7) is 2.39. The molecule has 66 heavy (non-hydrogen) atoms. The van der Waals surface area contributed by atoms with Gasteiger partial charge in [0.1, 0.15) is 42.3 Å². The zero-order chi connectivity index (χ0) is 48.3. The number of hydrogen-bond acceptors (Lipinski definition) is 14. The van der Waals surface area contributed by atoms with Crippen LogP contribution in [0.4, 0.5) is 0 Å². The second-order valence-electron chi connectivity index (χ2n) is 15.7. The van der Waals surface area contributed by atoms with Crippen LogP contribution in [-0.2, 0) is 60.8 Å². The van der Waals surface area contributed by atoms with E-state index in [2.05, 4.69) is 47.9 Å². The average Bonchev–Trinajstić information content (AvgIpc) is 3.83. The summed E-state index contributed by atoms with van der Waals surface area (Å²) in [7, 11) is 1.92. The summed E-state index contributed by atoms with van der Waals surface area (Å²) in [4.78, 5) is 133. The second-order valence-corrected chi connectivity index (χ2v) is 18.3. The number of nitrogens with one attached hydrogen (secondary N) is 9. The van der Waals surface area contributed by atoms with E-state index in [-0.39, 0.29) is 24.3 Å². The number of amides is 10. The van der Waals surface area contributed by atoms with Gasteiger partial charge < -0.3 is 64.4 Å². The first-order valence-corrected chi connectivity index (χ1v) is 23.6. The minimum atomic E-state index is -1.69. The number of nitrogens with two attached hydrogens (primary N) is 2. The maximum Gasteiger partial charge on any atom is 0.245 e. The predicted octanol–water partition coefficient (Wildman–Crippen LogP) is -4.11. The van der Waals surface area contributed by atoms with Crippen molar-refractivity contribution in [3.63, 3.8) is 0 Å². The zero-order valence-electron chi connectivity index (χ0n) is 36.3. The standard InChI is InChI=1S/C42H57N11O11S2/c1-22-36(58)49-28(17-25-12-7-4-8-13-25)40(62)53-34(23(2)54)42(64)46-19-33(56)48-30(35(44)57)20-65-66-21-31(41(63)51-29(18-32(43)55)38(60)47-22)52-39(61)27(16-24-10-5-3-6-11-24)50-37(59)26-14-9-15-45-26/h3-8,10-13,22-23,26-31,34,45,54H,9,14-21H2,1-2H3,(H2,43,55)(H2,44,57)(H,46,64)(H,47,60)(H,48,56)(H,49,58)(H,50,59)(H,51,63)(H,52,61)(H,53,62)/t22-,23+,26-,27-,28-,29-,30-,31-,34-/m0/s1. The van der Waals surface area contributed by atoms with E-state index < -0.39 is 126 Å². The second kappa shape index (κ2) is 26.0. The molecule has 0 bridgehead atoms. The van der Waals surface area contributed by atoms with Crippen LogP contribution in [0.15, 0.2) is 60.7 Å². The molecule has 2 aliphatic heterocycles. The number of carbonyl (C=O) groups excluding carboxylic acids is 10. The highest BCUT2D eigenvalue weighted by Crippen LogP contribution is 2.23. The SMILES string of the molecule is C[C@@H]1NC(=O)[C@H](CC(N)=O)NC(=O)[C@@H](NC(=O)[C@H](Cc2ccccc2)NC(=O)[C@@H]2CCCN2)CSSC[C@@H](C(N)=O)NC(=O)CNC(=O)[C@H]([C@@H](C)O)NC(=O)[C@H](Cc2ccccc2)NC1=O. The topological polar surface area (TPSA) is 351 Å². The van der Waals surface area contributed by atoms with Gasteiger partial charge in [0.05, 0.1) is 25.1 Å². The van der Waals surface area contributed by atoms with E-state index in [0.29, 0.717) is 24.1 Å². The molecule has 9 atom stereocenters. The van der Waals surface area contributed by atoms with Gasteiger partial charge in [-0.2, -0.15) is 0 Å². The molecule has 4 rings (SSSR count). The average molecular weight is 956 g/mol. The lowest BCUT2D eigenvalue weighted by Gasteiger charge is -2.27. The molecular formula is C42H57N11O11S2. The van der Waals surface area contributed by atoms with Gasteiger partial charge in [-0.3, -0.25) is 47.9 Å². The van der Waals surface area contributed by atoms with E-state index in [9.17, 15) is 53.1 Å². The molecule has 2 fully saturated rings. The lowest BCUT2D eigenvalue weighted by atomic mass is 10.0. The van der Waals surface area contributed by atoms with Crippen LogP contribution >= 0.6 is 21.6 Å². The third kappa shape index (κ3) is 17.0. The highest BCUT2D eigenvalue weighted by Gasteiger charge is 2.35. The minimum Gasteiger partial charge on any atom is -0.391 e. The van der Waals surface area contributed by atoms with Crippen LogP contribution in [-0.4, -0.2) is 143 Å². The number of aliphatic hydroxyl groups is 1. The van der Waals surface area contributed by atoms with Crippen LogP contribution in [0, 0.1) is 0 Å². The summed E-state index contributed by atoms with van der Waals surface area (Å²) >= 11 is 0. The summed E-state index contributed by atoms with van der Waals surface area (Å²) in [5.74, 6) is -9.29. The minimum absolute atomic E-state index is 0.0298. The summed E-state index contributed by atoms with van der Waals surface area (Å²) in [5.41, 5.74) is 12.3. The Labute approximate surface area is 388 Å². The molecule has 2 aromatic carbocycles. The smallest absolute Gasteiger partial charge is 0.245 e. The molecule has 2 heterocycles. The molecule has 0 spiro atoms. The molecule has 2 aliphatic rings. The lowest BCUT2D eigenvalue weighted by Crippen LogP contribution is -2.61. The van der Waals surface area contributed by atoms with Gasteiger partial charge in [-0.1, -0.05) is 82.3 Å². The molecule has 358 valence electrons. The largest absolute Gasteiger partial charge is 0.391 e. The van der Waals surface area contributed by atoms with Gasteiger partial charge in [-0.05, 0) is 44.4 Å². The number of rotatable bonds is 12. The summed E-state index contributed by atoms with van der Waals surface area (Å²) in [6, 6.07) is 6.57. The molecule has 14 N–H and O–H groups in total. The highest BCUT2D eigenvalue weighted by atomic mass is 33.1. The quantitative estimate of drug-likeness (QED) is 0.0901. The predicted molar refractivity (Wildman–Crippen MR) is 243 cm³/mol. The Morgan fingerprint density at radius 1 is 0.758 bits per heavy atom. The Bertz CT molecular complexity index is 2060. The Balaban J connectivity index is 1.66. The zero-order valence-corrected chi connectivity index (χ0v) is 38.0. The molecule has 0 aromatic heterocycles. The molecule has 0 saturated carbocycles. The first kappa shape index (κ1) is 52.4. The van der Waals surface area contributed by atoms with E-state index in [1.54, 1.807) is 60.7 Å². The van der Waals surface area contributed by atoms with Crippen LogP contribution in [0.5, 0.6) is 0 Å².